The van der Waals surface area contributed by atoms with Crippen LogP contribution < -0.4 is 16.6 Å². The Morgan fingerprint density at radius 2 is 2.00 bits per heavy atom. The molecular formula is C9H11N3O3. The molecule has 6 nitrogen and oxygen atoms in total. The smallest absolute Gasteiger partial charge is 0.337 e. The number of para-hydroxylation sites is 1. The van der Waals surface area contributed by atoms with Gasteiger partial charge in [0.25, 0.3) is 0 Å². The van der Waals surface area contributed by atoms with Crippen molar-refractivity contribution in [3.63, 3.8) is 0 Å². The largest absolute Gasteiger partial charge is 0.478 e. The van der Waals surface area contributed by atoms with E-state index in [9.17, 15) is 9.59 Å². The first kappa shape index (κ1) is 11.0. The van der Waals surface area contributed by atoms with Gasteiger partial charge in [-0.3, -0.25) is 4.79 Å². The predicted molar refractivity (Wildman–Crippen MR) is 54.2 cm³/mol. The van der Waals surface area contributed by atoms with Crippen LogP contribution in [0.3, 0.4) is 0 Å². The van der Waals surface area contributed by atoms with Gasteiger partial charge >= 0.3 is 5.97 Å². The monoisotopic (exact) mass is 209 g/mol. The molecule has 0 aliphatic carbocycles. The van der Waals surface area contributed by atoms with Crippen LogP contribution >= 0.6 is 0 Å². The van der Waals surface area contributed by atoms with Gasteiger partial charge in [0.1, 0.15) is 0 Å². The Labute approximate surface area is 86.1 Å². The number of hydrazine groups is 1. The fourth-order valence-corrected chi connectivity index (χ4v) is 1.01. The third-order valence-electron chi connectivity index (χ3n) is 1.64. The average Bonchev–Trinajstić information content (AvgIpc) is 2.17. The molecular weight excluding hydrogens is 198 g/mol. The molecule has 80 valence electrons. The van der Waals surface area contributed by atoms with Gasteiger partial charge in [0.15, 0.2) is 0 Å². The van der Waals surface area contributed by atoms with Crippen LogP contribution in [0.5, 0.6) is 0 Å². The minimum atomic E-state index is -1.04. The molecule has 0 bridgehead atoms. The number of rotatable bonds is 5. The number of nitrogens with two attached hydrogens (primary N) is 1. The van der Waals surface area contributed by atoms with Crippen molar-refractivity contribution in [2.24, 2.45) is 5.73 Å². The van der Waals surface area contributed by atoms with Crippen molar-refractivity contribution in [3.8, 4) is 0 Å². The molecule has 0 aliphatic heterocycles. The van der Waals surface area contributed by atoms with E-state index in [1.54, 1.807) is 18.2 Å². The number of hydrogen-bond acceptors (Lipinski definition) is 4. The lowest BCUT2D eigenvalue weighted by Crippen LogP contribution is -2.33. The first-order valence-corrected chi connectivity index (χ1v) is 4.20. The zero-order valence-electron chi connectivity index (χ0n) is 7.86. The van der Waals surface area contributed by atoms with Crippen LogP contribution in [0.25, 0.3) is 0 Å². The fraction of sp³-hybridized carbons (Fsp3) is 0.111. The highest BCUT2D eigenvalue weighted by Gasteiger charge is 2.07. The first-order valence-electron chi connectivity index (χ1n) is 4.20. The van der Waals surface area contributed by atoms with Gasteiger partial charge in [-0.2, -0.15) is 0 Å². The summed E-state index contributed by atoms with van der Waals surface area (Å²) in [7, 11) is 0. The average molecular weight is 209 g/mol. The van der Waals surface area contributed by atoms with E-state index in [1.165, 1.54) is 6.07 Å². The highest BCUT2D eigenvalue weighted by atomic mass is 16.4. The van der Waals surface area contributed by atoms with Crippen molar-refractivity contribution < 1.29 is 14.7 Å². The third kappa shape index (κ3) is 3.28. The van der Waals surface area contributed by atoms with Gasteiger partial charge in [-0.25, -0.2) is 10.2 Å². The topological polar surface area (TPSA) is 104 Å². The molecule has 0 saturated carbocycles. The van der Waals surface area contributed by atoms with Crippen LogP contribution in [-0.4, -0.2) is 23.5 Å². The van der Waals surface area contributed by atoms with Gasteiger partial charge in [-0.05, 0) is 12.1 Å². The Morgan fingerprint density at radius 3 is 2.60 bits per heavy atom. The lowest BCUT2D eigenvalue weighted by atomic mass is 10.2. The lowest BCUT2D eigenvalue weighted by molar-refractivity contribution is -0.117. The standard InChI is InChI=1S/C9H11N3O3/c10-8(13)5-11-12-7-4-2-1-3-6(7)9(14)15/h1-4,11-12H,5H2,(H2,10,13)(H,14,15). The molecule has 0 atom stereocenters. The molecule has 0 fully saturated rings. The quantitative estimate of drug-likeness (QED) is 0.502. The van der Waals surface area contributed by atoms with Crippen LogP contribution in [0.4, 0.5) is 5.69 Å². The zero-order chi connectivity index (χ0) is 11.3. The third-order valence-corrected chi connectivity index (χ3v) is 1.64. The van der Waals surface area contributed by atoms with Crippen molar-refractivity contribution in [1.82, 2.24) is 5.43 Å². The van der Waals surface area contributed by atoms with E-state index >= 15 is 0 Å². The maximum absolute atomic E-state index is 10.8. The molecule has 0 unspecified atom stereocenters. The second kappa shape index (κ2) is 4.97. The molecule has 0 saturated heterocycles. The summed E-state index contributed by atoms with van der Waals surface area (Å²) in [6.07, 6.45) is 0. The van der Waals surface area contributed by atoms with Crippen LogP contribution in [0.1, 0.15) is 10.4 Å². The molecule has 1 amide bonds. The Morgan fingerprint density at radius 1 is 1.33 bits per heavy atom. The minimum absolute atomic E-state index is 0.0754. The maximum Gasteiger partial charge on any atom is 0.337 e. The number of hydrogen-bond donors (Lipinski definition) is 4. The van der Waals surface area contributed by atoms with Gasteiger partial charge in [-0.1, -0.05) is 12.1 Å². The van der Waals surface area contributed by atoms with Gasteiger partial charge in [-0.15, -0.1) is 0 Å². The van der Waals surface area contributed by atoms with E-state index in [0.29, 0.717) is 5.69 Å². The number of carbonyl (C=O) groups is 2. The SMILES string of the molecule is NC(=O)CNNc1ccccc1C(=O)O. The van der Waals surface area contributed by atoms with E-state index in [2.05, 4.69) is 10.9 Å². The summed E-state index contributed by atoms with van der Waals surface area (Å²) in [5.41, 5.74) is 10.5. The number of carboxylic acids is 1. The molecule has 1 rings (SSSR count). The molecule has 15 heavy (non-hydrogen) atoms. The highest BCUT2D eigenvalue weighted by molar-refractivity contribution is 5.94. The summed E-state index contributed by atoms with van der Waals surface area (Å²) in [4.78, 5) is 21.2. The minimum Gasteiger partial charge on any atom is -0.478 e. The fourth-order valence-electron chi connectivity index (χ4n) is 1.01. The van der Waals surface area contributed by atoms with Crippen LogP contribution in [-0.2, 0) is 4.79 Å². The van der Waals surface area contributed by atoms with Crippen molar-refractivity contribution in [2.75, 3.05) is 12.0 Å². The summed E-state index contributed by atoms with van der Waals surface area (Å²) < 4.78 is 0. The number of nitrogens with one attached hydrogen (secondary N) is 2. The molecule has 1 aromatic rings. The first-order chi connectivity index (χ1) is 7.11. The second-order valence-electron chi connectivity index (χ2n) is 2.80. The van der Waals surface area contributed by atoms with Gasteiger partial charge in [0, 0.05) is 0 Å². The van der Waals surface area contributed by atoms with Gasteiger partial charge in [0.05, 0.1) is 17.8 Å². The molecule has 5 N–H and O–H groups in total. The number of primary amides is 1. The Bertz CT molecular complexity index is 379. The molecule has 0 heterocycles. The van der Waals surface area contributed by atoms with E-state index in [1.807, 2.05) is 0 Å². The predicted octanol–water partition coefficient (Wildman–Crippen LogP) is -0.213. The Balaban J connectivity index is 2.67. The number of amides is 1. The highest BCUT2D eigenvalue weighted by Crippen LogP contribution is 2.13. The van der Waals surface area contributed by atoms with Crippen molar-refractivity contribution in [1.29, 1.82) is 0 Å². The molecule has 1 aromatic carbocycles. The number of carbonyl (C=O) groups excluding carboxylic acids is 1. The number of anilines is 1. The molecule has 0 spiro atoms. The van der Waals surface area contributed by atoms with Crippen LogP contribution in [0.2, 0.25) is 0 Å². The zero-order valence-corrected chi connectivity index (χ0v) is 7.86. The molecule has 0 aromatic heterocycles. The normalized spacial score (nSPS) is 9.60. The lowest BCUT2D eigenvalue weighted by Gasteiger charge is -2.08. The van der Waals surface area contributed by atoms with E-state index in [0.717, 1.165) is 0 Å². The van der Waals surface area contributed by atoms with Gasteiger partial charge in [0.2, 0.25) is 5.91 Å². The van der Waals surface area contributed by atoms with Crippen molar-refractivity contribution >= 4 is 17.6 Å². The van der Waals surface area contributed by atoms with E-state index in [4.69, 9.17) is 10.8 Å². The Hall–Kier alpha value is -2.08. The van der Waals surface area contributed by atoms with E-state index < -0.39 is 11.9 Å². The summed E-state index contributed by atoms with van der Waals surface area (Å²) >= 11 is 0. The summed E-state index contributed by atoms with van der Waals surface area (Å²) in [5, 5.41) is 8.81. The number of carboxylic acid groups (broad SMARTS) is 1. The van der Waals surface area contributed by atoms with E-state index in [-0.39, 0.29) is 12.1 Å². The summed E-state index contributed by atoms with van der Waals surface area (Å²) in [5.74, 6) is -1.57. The van der Waals surface area contributed by atoms with Gasteiger partial charge < -0.3 is 16.3 Å². The summed E-state index contributed by atoms with van der Waals surface area (Å²) in [6, 6.07) is 6.33. The van der Waals surface area contributed by atoms with Crippen molar-refractivity contribution in [2.45, 2.75) is 0 Å². The maximum atomic E-state index is 10.8. The second-order valence-corrected chi connectivity index (χ2v) is 2.80. The molecule has 6 heteroatoms. The van der Waals surface area contributed by atoms with Crippen molar-refractivity contribution in [3.05, 3.63) is 29.8 Å². The number of benzene rings is 1. The van der Waals surface area contributed by atoms with Crippen LogP contribution in [0, 0.1) is 0 Å². The summed E-state index contributed by atoms with van der Waals surface area (Å²) in [6.45, 7) is -0.0754. The molecule has 0 aliphatic rings. The molecule has 0 radical (unpaired) electrons. The Kier molecular flexibility index (Phi) is 3.64. The number of aromatic carboxylic acids is 1. The van der Waals surface area contributed by atoms with Crippen LogP contribution in [0.15, 0.2) is 24.3 Å².